The molecule has 0 bridgehead atoms. The summed E-state index contributed by atoms with van der Waals surface area (Å²) in [5.41, 5.74) is 2.80. The van der Waals surface area contributed by atoms with Crippen LogP contribution in [0.1, 0.15) is 5.56 Å². The van der Waals surface area contributed by atoms with Crippen LogP contribution in [0, 0.1) is 6.92 Å². The molecule has 0 radical (unpaired) electrons. The lowest BCUT2D eigenvalue weighted by atomic mass is 10.2. The lowest BCUT2D eigenvalue weighted by molar-refractivity contribution is 1.47. The standard InChI is InChI=1S/C7H8Cl2N2/c1-5-4-6(10-8)2-3-7(5)11-9/h2-4,10-11H,1H3. The molecule has 2 N–H and O–H groups in total. The summed E-state index contributed by atoms with van der Waals surface area (Å²) in [5.74, 6) is 0. The highest BCUT2D eigenvalue weighted by Gasteiger charge is 1.96. The molecule has 0 amide bonds. The van der Waals surface area contributed by atoms with E-state index in [0.717, 1.165) is 16.9 Å². The Kier molecular flexibility index (Phi) is 2.85. The minimum Gasteiger partial charge on any atom is -0.299 e. The van der Waals surface area contributed by atoms with E-state index in [9.17, 15) is 0 Å². The van der Waals surface area contributed by atoms with E-state index in [1.54, 1.807) is 0 Å². The van der Waals surface area contributed by atoms with Crippen LogP contribution >= 0.6 is 23.6 Å². The van der Waals surface area contributed by atoms with Crippen molar-refractivity contribution < 1.29 is 0 Å². The van der Waals surface area contributed by atoms with Crippen molar-refractivity contribution in [1.29, 1.82) is 0 Å². The lowest BCUT2D eigenvalue weighted by Gasteiger charge is -2.04. The van der Waals surface area contributed by atoms with E-state index < -0.39 is 0 Å². The average Bonchev–Trinajstić information content (AvgIpc) is 2.04. The molecule has 1 aromatic rings. The quantitative estimate of drug-likeness (QED) is 0.701. The maximum absolute atomic E-state index is 5.42. The first-order valence-electron chi connectivity index (χ1n) is 3.12. The van der Waals surface area contributed by atoms with Crippen LogP contribution < -0.4 is 9.67 Å². The topological polar surface area (TPSA) is 24.1 Å². The smallest absolute Gasteiger partial charge is 0.0522 e. The predicted octanol–water partition coefficient (Wildman–Crippen LogP) is 3.13. The van der Waals surface area contributed by atoms with Crippen LogP contribution in [0.2, 0.25) is 0 Å². The highest BCUT2D eigenvalue weighted by molar-refractivity contribution is 6.25. The van der Waals surface area contributed by atoms with E-state index in [2.05, 4.69) is 9.67 Å². The molecule has 0 fully saturated rings. The Morgan fingerprint density at radius 2 is 1.91 bits per heavy atom. The summed E-state index contributed by atoms with van der Waals surface area (Å²) in [4.78, 5) is 5.07. The van der Waals surface area contributed by atoms with Crippen molar-refractivity contribution >= 4 is 34.9 Å². The molecule has 0 heterocycles. The van der Waals surface area contributed by atoms with Gasteiger partial charge in [0.2, 0.25) is 0 Å². The van der Waals surface area contributed by atoms with Gasteiger partial charge in [0.25, 0.3) is 0 Å². The molecular formula is C7H8Cl2N2. The van der Waals surface area contributed by atoms with Gasteiger partial charge in [-0.2, -0.15) is 0 Å². The molecule has 0 aliphatic rings. The predicted molar refractivity (Wildman–Crippen MR) is 50.1 cm³/mol. The summed E-state index contributed by atoms with van der Waals surface area (Å²) in [5, 5.41) is 0. The molecule has 0 aliphatic carbocycles. The Morgan fingerprint density at radius 3 is 2.36 bits per heavy atom. The first kappa shape index (κ1) is 8.50. The number of halogens is 2. The first-order chi connectivity index (χ1) is 5.27. The van der Waals surface area contributed by atoms with Crippen molar-refractivity contribution in [3.05, 3.63) is 23.8 Å². The number of hydrogen-bond acceptors (Lipinski definition) is 2. The Labute approximate surface area is 75.7 Å². The van der Waals surface area contributed by atoms with Crippen molar-refractivity contribution in [2.75, 3.05) is 9.67 Å². The Hall–Kier alpha value is -0.600. The highest BCUT2D eigenvalue weighted by atomic mass is 35.5. The molecule has 0 unspecified atom stereocenters. The van der Waals surface area contributed by atoms with Gasteiger partial charge in [-0.1, -0.05) is 0 Å². The summed E-state index contributed by atoms with van der Waals surface area (Å²) < 4.78 is 0. The highest BCUT2D eigenvalue weighted by Crippen LogP contribution is 2.20. The second-order valence-electron chi connectivity index (χ2n) is 2.22. The zero-order valence-corrected chi connectivity index (χ0v) is 7.50. The molecule has 1 rings (SSSR count). The minimum atomic E-state index is 0.861. The van der Waals surface area contributed by atoms with E-state index in [1.165, 1.54) is 0 Å². The second-order valence-corrected chi connectivity index (χ2v) is 2.60. The molecule has 0 atom stereocenters. The molecule has 4 heteroatoms. The van der Waals surface area contributed by atoms with E-state index in [0.29, 0.717) is 0 Å². The Morgan fingerprint density at radius 1 is 1.18 bits per heavy atom. The van der Waals surface area contributed by atoms with Gasteiger partial charge in [-0.05, 0) is 30.7 Å². The van der Waals surface area contributed by atoms with E-state index in [-0.39, 0.29) is 0 Å². The zero-order valence-electron chi connectivity index (χ0n) is 5.99. The van der Waals surface area contributed by atoms with Crippen LogP contribution in [0.5, 0.6) is 0 Å². The summed E-state index contributed by atoms with van der Waals surface area (Å²) >= 11 is 10.8. The van der Waals surface area contributed by atoms with E-state index in [1.807, 2.05) is 25.1 Å². The second kappa shape index (κ2) is 3.69. The number of hydrogen-bond donors (Lipinski definition) is 2. The maximum Gasteiger partial charge on any atom is 0.0522 e. The maximum atomic E-state index is 5.42. The number of benzene rings is 1. The van der Waals surface area contributed by atoms with Crippen LogP contribution in [0.3, 0.4) is 0 Å². The van der Waals surface area contributed by atoms with E-state index in [4.69, 9.17) is 23.6 Å². The third-order valence-electron chi connectivity index (χ3n) is 1.44. The first-order valence-corrected chi connectivity index (χ1v) is 3.87. The van der Waals surface area contributed by atoms with Gasteiger partial charge in [0.15, 0.2) is 0 Å². The van der Waals surface area contributed by atoms with Gasteiger partial charge in [-0.3, -0.25) is 9.67 Å². The van der Waals surface area contributed by atoms with Crippen molar-refractivity contribution in [3.63, 3.8) is 0 Å². The van der Waals surface area contributed by atoms with Crippen molar-refractivity contribution in [3.8, 4) is 0 Å². The van der Waals surface area contributed by atoms with Gasteiger partial charge in [0.05, 0.1) is 5.69 Å². The molecule has 0 saturated heterocycles. The number of nitrogens with one attached hydrogen (secondary N) is 2. The molecule has 1 aromatic carbocycles. The summed E-state index contributed by atoms with van der Waals surface area (Å²) in [6, 6.07) is 5.59. The Bertz CT molecular complexity index is 250. The number of aryl methyl sites for hydroxylation is 1. The fraction of sp³-hybridized carbons (Fsp3) is 0.143. The van der Waals surface area contributed by atoms with Crippen LogP contribution in [-0.4, -0.2) is 0 Å². The van der Waals surface area contributed by atoms with Crippen LogP contribution in [0.15, 0.2) is 18.2 Å². The largest absolute Gasteiger partial charge is 0.299 e. The molecule has 0 aromatic heterocycles. The molecule has 0 spiro atoms. The van der Waals surface area contributed by atoms with Gasteiger partial charge in [-0.15, -0.1) is 0 Å². The molecule has 0 aliphatic heterocycles. The average molecular weight is 191 g/mol. The summed E-state index contributed by atoms with van der Waals surface area (Å²) in [6.45, 7) is 1.95. The van der Waals surface area contributed by atoms with Gasteiger partial charge >= 0.3 is 0 Å². The molecular weight excluding hydrogens is 183 g/mol. The number of anilines is 2. The number of rotatable bonds is 2. The van der Waals surface area contributed by atoms with Gasteiger partial charge < -0.3 is 0 Å². The SMILES string of the molecule is Cc1cc(NCl)ccc1NCl. The molecule has 60 valence electrons. The minimum absolute atomic E-state index is 0.861. The van der Waals surface area contributed by atoms with Crippen molar-refractivity contribution in [1.82, 2.24) is 0 Å². The van der Waals surface area contributed by atoms with Gasteiger partial charge in [-0.25, -0.2) is 0 Å². The third-order valence-corrected chi connectivity index (χ3v) is 1.86. The van der Waals surface area contributed by atoms with E-state index >= 15 is 0 Å². The Balaban J connectivity index is 2.99. The van der Waals surface area contributed by atoms with Gasteiger partial charge in [0, 0.05) is 29.2 Å². The van der Waals surface area contributed by atoms with Gasteiger partial charge in [0.1, 0.15) is 0 Å². The summed E-state index contributed by atoms with van der Waals surface area (Å²) in [7, 11) is 0. The monoisotopic (exact) mass is 190 g/mol. The van der Waals surface area contributed by atoms with Crippen molar-refractivity contribution in [2.24, 2.45) is 0 Å². The molecule has 2 nitrogen and oxygen atoms in total. The fourth-order valence-electron chi connectivity index (χ4n) is 0.828. The molecule has 11 heavy (non-hydrogen) atoms. The fourth-order valence-corrected chi connectivity index (χ4v) is 1.16. The van der Waals surface area contributed by atoms with Crippen LogP contribution in [0.25, 0.3) is 0 Å². The third kappa shape index (κ3) is 1.91. The van der Waals surface area contributed by atoms with Crippen molar-refractivity contribution in [2.45, 2.75) is 6.92 Å². The summed E-state index contributed by atoms with van der Waals surface area (Å²) in [6.07, 6.45) is 0. The lowest BCUT2D eigenvalue weighted by Crippen LogP contribution is -1.87. The molecule has 0 saturated carbocycles. The normalized spacial score (nSPS) is 9.36. The van der Waals surface area contributed by atoms with Crippen LogP contribution in [0.4, 0.5) is 11.4 Å². The van der Waals surface area contributed by atoms with Crippen LogP contribution in [-0.2, 0) is 0 Å². The zero-order chi connectivity index (χ0) is 8.27.